The van der Waals surface area contributed by atoms with Crippen molar-refractivity contribution in [1.29, 1.82) is 0 Å². The lowest BCUT2D eigenvalue weighted by Gasteiger charge is -2.27. The van der Waals surface area contributed by atoms with E-state index >= 15 is 0 Å². The summed E-state index contributed by atoms with van der Waals surface area (Å²) >= 11 is 1.36. The van der Waals surface area contributed by atoms with Gasteiger partial charge in [-0.3, -0.25) is 9.59 Å². The first-order valence-electron chi connectivity index (χ1n) is 10.00. The number of rotatable bonds is 7. The van der Waals surface area contributed by atoms with Crippen LogP contribution in [-0.2, 0) is 0 Å². The van der Waals surface area contributed by atoms with Gasteiger partial charge in [0.1, 0.15) is 5.00 Å². The van der Waals surface area contributed by atoms with Gasteiger partial charge in [0.2, 0.25) is 0 Å². The quantitative estimate of drug-likeness (QED) is 0.543. The molecule has 0 aliphatic rings. The van der Waals surface area contributed by atoms with Gasteiger partial charge in [0.25, 0.3) is 11.8 Å². The topological polar surface area (TPSA) is 75.4 Å². The third kappa shape index (κ3) is 4.39. The van der Waals surface area contributed by atoms with E-state index in [1.807, 2.05) is 49.4 Å². The van der Waals surface area contributed by atoms with Crippen LogP contribution in [0.1, 0.15) is 46.4 Å². The van der Waals surface area contributed by atoms with Crippen molar-refractivity contribution in [2.24, 2.45) is 5.73 Å². The average Bonchev–Trinajstić information content (AvgIpc) is 3.05. The fourth-order valence-corrected chi connectivity index (χ4v) is 4.72. The predicted octanol–water partition coefficient (Wildman–Crippen LogP) is 5.31. The number of primary amides is 1. The Bertz CT molecular complexity index is 1040. The molecule has 30 heavy (non-hydrogen) atoms. The highest BCUT2D eigenvalue weighted by Crippen LogP contribution is 2.39. The van der Waals surface area contributed by atoms with Crippen LogP contribution < -0.4 is 16.0 Å². The van der Waals surface area contributed by atoms with E-state index in [2.05, 4.69) is 31.0 Å². The van der Waals surface area contributed by atoms with Crippen LogP contribution in [0.15, 0.2) is 54.6 Å². The molecular formula is C24H27N3O2S. The van der Waals surface area contributed by atoms with Crippen LogP contribution in [0.4, 0.5) is 10.7 Å². The van der Waals surface area contributed by atoms with E-state index in [4.69, 9.17) is 5.73 Å². The minimum atomic E-state index is -0.556. The summed E-state index contributed by atoms with van der Waals surface area (Å²) in [5, 5.41) is 3.37. The van der Waals surface area contributed by atoms with Crippen LogP contribution in [0.25, 0.3) is 11.1 Å². The Labute approximate surface area is 181 Å². The Kier molecular flexibility index (Phi) is 6.57. The van der Waals surface area contributed by atoms with Gasteiger partial charge in [0.05, 0.1) is 5.56 Å². The molecule has 3 aromatic rings. The largest absolute Gasteiger partial charge is 0.369 e. The second-order valence-electron chi connectivity index (χ2n) is 7.35. The summed E-state index contributed by atoms with van der Waals surface area (Å²) in [5.74, 6) is -0.822. The van der Waals surface area contributed by atoms with E-state index in [9.17, 15) is 9.59 Å². The molecule has 0 aliphatic heterocycles. The molecule has 0 atom stereocenters. The number of hydrogen-bond donors (Lipinski definition) is 2. The fourth-order valence-electron chi connectivity index (χ4n) is 3.65. The molecule has 0 spiro atoms. The van der Waals surface area contributed by atoms with Crippen molar-refractivity contribution in [3.8, 4) is 11.1 Å². The SMILES string of the molecule is CCN(c1ccc(C(=O)Nc2sc(C)c(-c3ccccc3)c2C(N)=O)cc1)C(C)C. The van der Waals surface area contributed by atoms with Gasteiger partial charge in [-0.25, -0.2) is 0 Å². The molecule has 0 bridgehead atoms. The minimum absolute atomic E-state index is 0.266. The molecule has 6 heteroatoms. The molecule has 2 aromatic carbocycles. The molecule has 0 unspecified atom stereocenters. The highest BCUT2D eigenvalue weighted by atomic mass is 32.1. The van der Waals surface area contributed by atoms with Crippen molar-refractivity contribution in [2.75, 3.05) is 16.8 Å². The molecule has 0 fully saturated rings. The molecular weight excluding hydrogens is 394 g/mol. The molecule has 0 aliphatic carbocycles. The summed E-state index contributed by atoms with van der Waals surface area (Å²) in [5.41, 5.74) is 9.31. The van der Waals surface area contributed by atoms with E-state index < -0.39 is 5.91 Å². The Balaban J connectivity index is 1.90. The zero-order valence-electron chi connectivity index (χ0n) is 17.7. The molecule has 3 N–H and O–H groups in total. The Morgan fingerprint density at radius 1 is 1.07 bits per heavy atom. The average molecular weight is 422 g/mol. The maximum absolute atomic E-state index is 12.9. The van der Waals surface area contributed by atoms with Gasteiger partial charge in [0.15, 0.2) is 0 Å². The number of nitrogens with two attached hydrogens (primary N) is 1. The standard InChI is InChI=1S/C24H27N3O2S/c1-5-27(15(2)3)19-13-11-18(12-14-19)23(29)26-24-21(22(25)28)20(16(4)30-24)17-9-7-6-8-10-17/h6-15H,5H2,1-4H3,(H2,25,28)(H,26,29). The fraction of sp³-hybridized carbons (Fsp3) is 0.250. The van der Waals surface area contributed by atoms with E-state index in [-0.39, 0.29) is 5.91 Å². The molecule has 3 rings (SSSR count). The van der Waals surface area contributed by atoms with Gasteiger partial charge in [0, 0.05) is 34.3 Å². The first-order valence-corrected chi connectivity index (χ1v) is 10.8. The summed E-state index contributed by atoms with van der Waals surface area (Å²) < 4.78 is 0. The maximum atomic E-state index is 12.9. The van der Waals surface area contributed by atoms with Crippen LogP contribution in [0.3, 0.4) is 0 Å². The van der Waals surface area contributed by atoms with Crippen molar-refractivity contribution in [3.63, 3.8) is 0 Å². The zero-order chi connectivity index (χ0) is 21.8. The number of thiophene rings is 1. The number of hydrogen-bond acceptors (Lipinski definition) is 4. The number of nitrogens with one attached hydrogen (secondary N) is 1. The zero-order valence-corrected chi connectivity index (χ0v) is 18.5. The second kappa shape index (κ2) is 9.13. The number of aryl methyl sites for hydroxylation is 1. The van der Waals surface area contributed by atoms with Crippen molar-refractivity contribution in [1.82, 2.24) is 0 Å². The molecule has 0 radical (unpaired) electrons. The number of amides is 2. The van der Waals surface area contributed by atoms with Crippen molar-refractivity contribution in [3.05, 3.63) is 70.6 Å². The van der Waals surface area contributed by atoms with Crippen molar-refractivity contribution in [2.45, 2.75) is 33.7 Å². The molecule has 0 saturated carbocycles. The molecule has 156 valence electrons. The number of nitrogens with zero attached hydrogens (tertiary/aromatic N) is 1. The van der Waals surface area contributed by atoms with Gasteiger partial charge < -0.3 is 16.0 Å². The number of anilines is 2. The molecule has 1 aromatic heterocycles. The summed E-state index contributed by atoms with van der Waals surface area (Å²) in [6, 6.07) is 17.5. The van der Waals surface area contributed by atoms with Crippen LogP contribution in [0, 0.1) is 6.92 Å². The third-order valence-corrected chi connectivity index (χ3v) is 6.07. The van der Waals surface area contributed by atoms with Crippen molar-refractivity contribution < 1.29 is 9.59 Å². The van der Waals surface area contributed by atoms with Gasteiger partial charge in [-0.1, -0.05) is 30.3 Å². The van der Waals surface area contributed by atoms with Crippen LogP contribution >= 0.6 is 11.3 Å². The van der Waals surface area contributed by atoms with Crippen LogP contribution in [-0.4, -0.2) is 24.4 Å². The van der Waals surface area contributed by atoms with Crippen molar-refractivity contribution >= 4 is 33.8 Å². The monoisotopic (exact) mass is 421 g/mol. The van der Waals surface area contributed by atoms with Crippen LogP contribution in [0.2, 0.25) is 0 Å². The van der Waals surface area contributed by atoms with Gasteiger partial charge in [-0.05, 0) is 57.5 Å². The normalized spacial score (nSPS) is 10.8. The third-order valence-electron chi connectivity index (χ3n) is 5.05. The molecule has 1 heterocycles. The second-order valence-corrected chi connectivity index (χ2v) is 8.57. The van der Waals surface area contributed by atoms with Gasteiger partial charge in [-0.15, -0.1) is 11.3 Å². The Hall–Kier alpha value is -3.12. The minimum Gasteiger partial charge on any atom is -0.369 e. The summed E-state index contributed by atoms with van der Waals surface area (Å²) in [6.45, 7) is 9.20. The highest BCUT2D eigenvalue weighted by Gasteiger charge is 2.23. The highest BCUT2D eigenvalue weighted by molar-refractivity contribution is 7.17. The summed E-state index contributed by atoms with van der Waals surface area (Å²) in [6.07, 6.45) is 0. The number of carbonyl (C=O) groups is 2. The summed E-state index contributed by atoms with van der Waals surface area (Å²) in [4.78, 5) is 28.3. The Morgan fingerprint density at radius 2 is 1.70 bits per heavy atom. The predicted molar refractivity (Wildman–Crippen MR) is 126 cm³/mol. The summed E-state index contributed by atoms with van der Waals surface area (Å²) in [7, 11) is 0. The Morgan fingerprint density at radius 3 is 2.23 bits per heavy atom. The first kappa shape index (κ1) is 21.6. The van der Waals surface area contributed by atoms with E-state index in [0.29, 0.717) is 22.2 Å². The van der Waals surface area contributed by atoms with Crippen LogP contribution in [0.5, 0.6) is 0 Å². The van der Waals surface area contributed by atoms with Gasteiger partial charge in [-0.2, -0.15) is 0 Å². The molecule has 2 amide bonds. The molecule has 0 saturated heterocycles. The van der Waals surface area contributed by atoms with E-state index in [0.717, 1.165) is 28.2 Å². The number of carbonyl (C=O) groups excluding carboxylic acids is 2. The first-order chi connectivity index (χ1) is 14.3. The lowest BCUT2D eigenvalue weighted by molar-refractivity contribution is 0.100. The smallest absolute Gasteiger partial charge is 0.256 e. The maximum Gasteiger partial charge on any atom is 0.256 e. The van der Waals surface area contributed by atoms with E-state index in [1.165, 1.54) is 11.3 Å². The number of benzene rings is 2. The van der Waals surface area contributed by atoms with Gasteiger partial charge >= 0.3 is 0 Å². The molecule has 5 nitrogen and oxygen atoms in total. The van der Waals surface area contributed by atoms with E-state index in [1.54, 1.807) is 12.1 Å². The lowest BCUT2D eigenvalue weighted by Crippen LogP contribution is -2.30. The lowest BCUT2D eigenvalue weighted by atomic mass is 10.0.